The van der Waals surface area contributed by atoms with Crippen LogP contribution in [-0.2, 0) is 6.54 Å². The van der Waals surface area contributed by atoms with Gasteiger partial charge in [-0.05, 0) is 48.4 Å². The van der Waals surface area contributed by atoms with E-state index in [0.29, 0.717) is 0 Å². The summed E-state index contributed by atoms with van der Waals surface area (Å²) in [6.07, 6.45) is 1.83. The number of hydrogen-bond acceptors (Lipinski definition) is 2. The maximum atomic E-state index is 5.96. The number of nitrogens with one attached hydrogen (secondary N) is 2. The van der Waals surface area contributed by atoms with Crippen molar-refractivity contribution in [3.05, 3.63) is 58.7 Å². The molecule has 3 nitrogen and oxygen atoms in total. The number of rotatable bonds is 3. The quantitative estimate of drug-likeness (QED) is 0.752. The minimum atomic E-state index is 0.779. The van der Waals surface area contributed by atoms with Crippen LogP contribution in [0.2, 0.25) is 5.02 Å². The molecule has 96 valence electrons. The summed E-state index contributed by atoms with van der Waals surface area (Å²) in [5, 5.41) is 12.3. The number of H-pyrrole nitrogens is 1. The van der Waals surface area contributed by atoms with Crippen molar-refractivity contribution in [2.45, 2.75) is 13.5 Å². The second kappa shape index (κ2) is 4.94. The number of aryl methyl sites for hydroxylation is 1. The normalized spacial score (nSPS) is 10.8. The maximum absolute atomic E-state index is 5.96. The van der Waals surface area contributed by atoms with Crippen LogP contribution in [0.15, 0.2) is 42.6 Å². The number of nitrogens with zero attached hydrogens (tertiary/aromatic N) is 1. The van der Waals surface area contributed by atoms with Crippen LogP contribution in [-0.4, -0.2) is 10.2 Å². The molecule has 0 amide bonds. The number of aromatic nitrogens is 2. The minimum Gasteiger partial charge on any atom is -0.381 e. The summed E-state index contributed by atoms with van der Waals surface area (Å²) < 4.78 is 0. The summed E-state index contributed by atoms with van der Waals surface area (Å²) in [7, 11) is 0. The topological polar surface area (TPSA) is 40.7 Å². The van der Waals surface area contributed by atoms with Crippen LogP contribution < -0.4 is 5.32 Å². The molecule has 0 saturated heterocycles. The Bertz CT molecular complexity index is 718. The van der Waals surface area contributed by atoms with Gasteiger partial charge in [0.25, 0.3) is 0 Å². The van der Waals surface area contributed by atoms with E-state index in [1.807, 2.05) is 30.5 Å². The Morgan fingerprint density at radius 1 is 1.21 bits per heavy atom. The molecule has 2 N–H and O–H groups in total. The Morgan fingerprint density at radius 3 is 2.95 bits per heavy atom. The van der Waals surface area contributed by atoms with Crippen molar-refractivity contribution in [3.8, 4) is 0 Å². The lowest BCUT2D eigenvalue weighted by Crippen LogP contribution is -2.01. The van der Waals surface area contributed by atoms with Gasteiger partial charge in [-0.2, -0.15) is 5.10 Å². The van der Waals surface area contributed by atoms with E-state index in [-0.39, 0.29) is 0 Å². The summed E-state index contributed by atoms with van der Waals surface area (Å²) in [5.41, 5.74) is 4.58. The van der Waals surface area contributed by atoms with Gasteiger partial charge in [0.1, 0.15) is 0 Å². The van der Waals surface area contributed by atoms with Crippen molar-refractivity contribution < 1.29 is 0 Å². The van der Waals surface area contributed by atoms with Gasteiger partial charge in [0, 0.05) is 22.6 Å². The van der Waals surface area contributed by atoms with Crippen molar-refractivity contribution in [3.63, 3.8) is 0 Å². The summed E-state index contributed by atoms with van der Waals surface area (Å²) >= 11 is 5.96. The first-order chi connectivity index (χ1) is 9.22. The van der Waals surface area contributed by atoms with Crippen LogP contribution in [0.3, 0.4) is 0 Å². The third-order valence-corrected chi connectivity index (χ3v) is 3.46. The molecule has 0 spiro atoms. The number of aromatic amines is 1. The van der Waals surface area contributed by atoms with Crippen molar-refractivity contribution in [1.29, 1.82) is 0 Å². The van der Waals surface area contributed by atoms with E-state index < -0.39 is 0 Å². The number of benzene rings is 2. The van der Waals surface area contributed by atoms with Gasteiger partial charge in [-0.15, -0.1) is 0 Å². The Labute approximate surface area is 116 Å². The standard InChI is InChI=1S/C15H14ClN3/c1-10-6-13(16)3-2-11(10)8-17-14-4-5-15-12(7-14)9-18-19-15/h2-7,9,17H,8H2,1H3,(H,18,19). The highest BCUT2D eigenvalue weighted by molar-refractivity contribution is 6.30. The highest BCUT2D eigenvalue weighted by atomic mass is 35.5. The molecule has 0 unspecified atom stereocenters. The average Bonchev–Trinajstić information content (AvgIpc) is 2.85. The first kappa shape index (κ1) is 12.1. The van der Waals surface area contributed by atoms with Crippen LogP contribution in [0.4, 0.5) is 5.69 Å². The van der Waals surface area contributed by atoms with Crippen molar-refractivity contribution in [1.82, 2.24) is 10.2 Å². The van der Waals surface area contributed by atoms with Gasteiger partial charge in [0.15, 0.2) is 0 Å². The van der Waals surface area contributed by atoms with Gasteiger partial charge >= 0.3 is 0 Å². The van der Waals surface area contributed by atoms with E-state index in [0.717, 1.165) is 28.2 Å². The smallest absolute Gasteiger partial charge is 0.0651 e. The van der Waals surface area contributed by atoms with Crippen LogP contribution in [0.5, 0.6) is 0 Å². The molecule has 0 bridgehead atoms. The second-order valence-electron chi connectivity index (χ2n) is 4.60. The van der Waals surface area contributed by atoms with Gasteiger partial charge in [0.2, 0.25) is 0 Å². The molecule has 0 aliphatic heterocycles. The highest BCUT2D eigenvalue weighted by Gasteiger charge is 2.01. The van der Waals surface area contributed by atoms with E-state index >= 15 is 0 Å². The second-order valence-corrected chi connectivity index (χ2v) is 5.03. The Hall–Kier alpha value is -2.00. The fourth-order valence-corrected chi connectivity index (χ4v) is 2.33. The lowest BCUT2D eigenvalue weighted by Gasteiger charge is -2.09. The Balaban J connectivity index is 1.77. The molecule has 0 fully saturated rings. The zero-order valence-corrected chi connectivity index (χ0v) is 11.3. The fourth-order valence-electron chi connectivity index (χ4n) is 2.11. The summed E-state index contributed by atoms with van der Waals surface area (Å²) in [6.45, 7) is 2.86. The van der Waals surface area contributed by atoms with E-state index in [1.165, 1.54) is 11.1 Å². The largest absolute Gasteiger partial charge is 0.381 e. The molecule has 0 radical (unpaired) electrons. The lowest BCUT2D eigenvalue weighted by atomic mass is 10.1. The molecule has 19 heavy (non-hydrogen) atoms. The van der Waals surface area contributed by atoms with Crippen LogP contribution >= 0.6 is 11.6 Å². The van der Waals surface area contributed by atoms with Crippen LogP contribution in [0.1, 0.15) is 11.1 Å². The zero-order chi connectivity index (χ0) is 13.2. The van der Waals surface area contributed by atoms with Gasteiger partial charge in [0.05, 0.1) is 11.7 Å². The summed E-state index contributed by atoms with van der Waals surface area (Å²) in [6, 6.07) is 12.1. The molecule has 0 saturated carbocycles. The third kappa shape index (κ3) is 2.56. The first-order valence-electron chi connectivity index (χ1n) is 6.14. The molecule has 1 heterocycles. The minimum absolute atomic E-state index is 0.779. The SMILES string of the molecule is Cc1cc(Cl)ccc1CNc1ccc2[nH]ncc2c1. The molecule has 3 aromatic rings. The fraction of sp³-hybridized carbons (Fsp3) is 0.133. The molecule has 0 aliphatic rings. The van der Waals surface area contributed by atoms with Crippen molar-refractivity contribution >= 4 is 28.2 Å². The summed E-state index contributed by atoms with van der Waals surface area (Å²) in [5.74, 6) is 0. The van der Waals surface area contributed by atoms with Crippen LogP contribution in [0, 0.1) is 6.92 Å². The van der Waals surface area contributed by atoms with E-state index in [9.17, 15) is 0 Å². The lowest BCUT2D eigenvalue weighted by molar-refractivity contribution is 1.12. The van der Waals surface area contributed by atoms with Crippen molar-refractivity contribution in [2.75, 3.05) is 5.32 Å². The molecule has 0 aliphatic carbocycles. The zero-order valence-electron chi connectivity index (χ0n) is 10.6. The van der Waals surface area contributed by atoms with Gasteiger partial charge < -0.3 is 5.32 Å². The van der Waals surface area contributed by atoms with Crippen molar-refractivity contribution in [2.24, 2.45) is 0 Å². The number of fused-ring (bicyclic) bond motifs is 1. The molecule has 1 aromatic heterocycles. The van der Waals surface area contributed by atoms with E-state index in [2.05, 4.69) is 34.6 Å². The molecule has 4 heteroatoms. The van der Waals surface area contributed by atoms with E-state index in [4.69, 9.17) is 11.6 Å². The predicted octanol–water partition coefficient (Wildman–Crippen LogP) is 4.14. The molecular weight excluding hydrogens is 258 g/mol. The average molecular weight is 272 g/mol. The van der Waals surface area contributed by atoms with Gasteiger partial charge in [-0.25, -0.2) is 0 Å². The van der Waals surface area contributed by atoms with Crippen LogP contribution in [0.25, 0.3) is 10.9 Å². The highest BCUT2D eigenvalue weighted by Crippen LogP contribution is 2.19. The Morgan fingerprint density at radius 2 is 2.11 bits per heavy atom. The molecule has 2 aromatic carbocycles. The number of halogens is 1. The predicted molar refractivity (Wildman–Crippen MR) is 79.6 cm³/mol. The summed E-state index contributed by atoms with van der Waals surface area (Å²) in [4.78, 5) is 0. The number of anilines is 1. The molecule has 0 atom stereocenters. The Kier molecular flexibility index (Phi) is 3.13. The number of hydrogen-bond donors (Lipinski definition) is 2. The first-order valence-corrected chi connectivity index (χ1v) is 6.52. The maximum Gasteiger partial charge on any atom is 0.0651 e. The molecule has 3 rings (SSSR count). The van der Waals surface area contributed by atoms with Gasteiger partial charge in [-0.3, -0.25) is 5.10 Å². The van der Waals surface area contributed by atoms with Gasteiger partial charge in [-0.1, -0.05) is 17.7 Å². The van der Waals surface area contributed by atoms with E-state index in [1.54, 1.807) is 0 Å². The monoisotopic (exact) mass is 271 g/mol. The molecular formula is C15H14ClN3. The third-order valence-electron chi connectivity index (χ3n) is 3.23.